The van der Waals surface area contributed by atoms with Crippen molar-refractivity contribution in [2.45, 2.75) is 18.6 Å². The molecule has 1 N–H and O–H groups in total. The van der Waals surface area contributed by atoms with Crippen molar-refractivity contribution in [3.63, 3.8) is 0 Å². The fourth-order valence-corrected chi connectivity index (χ4v) is 5.77. The number of carbonyl (C=O) groups excluding carboxylic acids is 1. The van der Waals surface area contributed by atoms with Gasteiger partial charge in [-0.15, -0.1) is 0 Å². The SMILES string of the molecule is O=C(Nc1ccccc1Oc1ccccc1)C1CCN(S(=O)(=O)Cc2c(F)cccc2Cl)CC1. The van der Waals surface area contributed by atoms with Crippen LogP contribution >= 0.6 is 11.6 Å². The molecular formula is C25H24ClFN2O4S. The van der Waals surface area contributed by atoms with Gasteiger partial charge in [0.1, 0.15) is 11.6 Å². The molecule has 1 heterocycles. The third kappa shape index (κ3) is 5.75. The van der Waals surface area contributed by atoms with E-state index in [0.29, 0.717) is 30.0 Å². The monoisotopic (exact) mass is 502 g/mol. The molecule has 1 amide bonds. The molecule has 34 heavy (non-hydrogen) atoms. The minimum atomic E-state index is -3.77. The summed E-state index contributed by atoms with van der Waals surface area (Å²) >= 11 is 5.99. The molecule has 0 atom stereocenters. The standard InChI is InChI=1S/C25H24ClFN2O4S/c26-21-9-6-10-22(27)20(21)17-34(31,32)29-15-13-18(14-16-29)25(30)28-23-11-4-5-12-24(23)33-19-7-2-1-3-8-19/h1-12,18H,13-17H2,(H,28,30). The van der Waals surface area contributed by atoms with E-state index in [0.717, 1.165) is 0 Å². The minimum absolute atomic E-state index is 0.0425. The van der Waals surface area contributed by atoms with E-state index in [2.05, 4.69) is 5.32 Å². The number of ether oxygens (including phenoxy) is 1. The number of nitrogens with one attached hydrogen (secondary N) is 1. The molecule has 0 bridgehead atoms. The summed E-state index contributed by atoms with van der Waals surface area (Å²) in [4.78, 5) is 12.9. The van der Waals surface area contributed by atoms with Crippen molar-refractivity contribution in [1.82, 2.24) is 4.31 Å². The van der Waals surface area contributed by atoms with E-state index in [1.807, 2.05) is 36.4 Å². The highest BCUT2D eigenvalue weighted by molar-refractivity contribution is 7.88. The van der Waals surface area contributed by atoms with Crippen LogP contribution in [0.4, 0.5) is 10.1 Å². The first-order chi connectivity index (χ1) is 16.3. The predicted octanol–water partition coefficient (Wildman–Crippen LogP) is 5.45. The van der Waals surface area contributed by atoms with E-state index in [4.69, 9.17) is 16.3 Å². The predicted molar refractivity (Wildman–Crippen MR) is 130 cm³/mol. The molecule has 6 nitrogen and oxygen atoms in total. The molecule has 1 saturated heterocycles. The largest absolute Gasteiger partial charge is 0.455 e. The normalized spacial score (nSPS) is 15.1. The zero-order valence-electron chi connectivity index (χ0n) is 18.3. The van der Waals surface area contributed by atoms with Gasteiger partial charge in [-0.25, -0.2) is 17.1 Å². The topological polar surface area (TPSA) is 75.7 Å². The van der Waals surface area contributed by atoms with Crippen LogP contribution in [0.15, 0.2) is 72.8 Å². The van der Waals surface area contributed by atoms with Gasteiger partial charge in [0, 0.05) is 29.6 Å². The van der Waals surface area contributed by atoms with Gasteiger partial charge in [-0.05, 0) is 49.2 Å². The Balaban J connectivity index is 1.37. The van der Waals surface area contributed by atoms with Crippen LogP contribution in [0.25, 0.3) is 0 Å². The number of para-hydroxylation sites is 3. The number of halogens is 2. The van der Waals surface area contributed by atoms with Crippen LogP contribution < -0.4 is 10.1 Å². The first kappa shape index (κ1) is 24.2. The molecule has 4 rings (SSSR count). The quantitative estimate of drug-likeness (QED) is 0.466. The van der Waals surface area contributed by atoms with Crippen molar-refractivity contribution in [2.24, 2.45) is 5.92 Å². The molecule has 3 aromatic rings. The van der Waals surface area contributed by atoms with E-state index in [-0.39, 0.29) is 35.5 Å². The van der Waals surface area contributed by atoms with Gasteiger partial charge in [-0.3, -0.25) is 4.79 Å². The molecule has 3 aromatic carbocycles. The van der Waals surface area contributed by atoms with Crippen LogP contribution in [0.1, 0.15) is 18.4 Å². The Labute approximate surface area is 203 Å². The number of carbonyl (C=O) groups is 1. The van der Waals surface area contributed by atoms with E-state index in [9.17, 15) is 17.6 Å². The van der Waals surface area contributed by atoms with Crippen LogP contribution in [-0.4, -0.2) is 31.7 Å². The molecule has 1 fully saturated rings. The van der Waals surface area contributed by atoms with E-state index in [1.54, 1.807) is 18.2 Å². The zero-order valence-corrected chi connectivity index (χ0v) is 19.9. The average molecular weight is 503 g/mol. The first-order valence-corrected chi connectivity index (χ1v) is 12.9. The number of rotatable bonds is 7. The molecule has 0 spiro atoms. The van der Waals surface area contributed by atoms with Gasteiger partial charge in [0.25, 0.3) is 0 Å². The summed E-state index contributed by atoms with van der Waals surface area (Å²) in [5.74, 6) is -0.547. The Bertz CT molecular complexity index is 1240. The molecule has 0 saturated carbocycles. The second kappa shape index (κ2) is 10.5. The van der Waals surface area contributed by atoms with Gasteiger partial charge in [0.15, 0.2) is 5.75 Å². The third-order valence-electron chi connectivity index (χ3n) is 5.72. The van der Waals surface area contributed by atoms with Gasteiger partial charge >= 0.3 is 0 Å². The summed E-state index contributed by atoms with van der Waals surface area (Å²) in [5.41, 5.74) is 0.500. The number of anilines is 1. The Morgan fingerprint density at radius 1 is 1.00 bits per heavy atom. The second-order valence-corrected chi connectivity index (χ2v) is 10.4. The molecule has 9 heteroatoms. The highest BCUT2D eigenvalue weighted by Crippen LogP contribution is 2.31. The van der Waals surface area contributed by atoms with Gasteiger partial charge in [-0.1, -0.05) is 48.0 Å². The molecular weight excluding hydrogens is 479 g/mol. The van der Waals surface area contributed by atoms with Crippen molar-refractivity contribution in [1.29, 1.82) is 0 Å². The summed E-state index contributed by atoms with van der Waals surface area (Å²) in [6, 6.07) is 20.5. The lowest BCUT2D eigenvalue weighted by atomic mass is 9.97. The van der Waals surface area contributed by atoms with Crippen molar-refractivity contribution in [2.75, 3.05) is 18.4 Å². The maximum Gasteiger partial charge on any atom is 0.227 e. The number of piperidine rings is 1. The maximum absolute atomic E-state index is 14.1. The van der Waals surface area contributed by atoms with Crippen LogP contribution in [-0.2, 0) is 20.6 Å². The molecule has 0 unspecified atom stereocenters. The number of benzene rings is 3. The van der Waals surface area contributed by atoms with E-state index < -0.39 is 21.6 Å². The average Bonchev–Trinajstić information content (AvgIpc) is 2.83. The van der Waals surface area contributed by atoms with Crippen molar-refractivity contribution in [3.05, 3.63) is 89.2 Å². The highest BCUT2D eigenvalue weighted by Gasteiger charge is 2.32. The summed E-state index contributed by atoms with van der Waals surface area (Å²) in [6.07, 6.45) is 0.718. The van der Waals surface area contributed by atoms with Crippen LogP contribution in [0.3, 0.4) is 0 Å². The number of nitrogens with zero attached hydrogens (tertiary/aromatic N) is 1. The van der Waals surface area contributed by atoms with Gasteiger partial charge in [0.05, 0.1) is 11.4 Å². The Hall–Kier alpha value is -2.94. The fraction of sp³-hybridized carbons (Fsp3) is 0.240. The lowest BCUT2D eigenvalue weighted by Gasteiger charge is -2.30. The zero-order chi connectivity index (χ0) is 24.1. The van der Waals surface area contributed by atoms with Crippen LogP contribution in [0, 0.1) is 11.7 Å². The fourth-order valence-electron chi connectivity index (χ4n) is 3.85. The number of sulfonamides is 1. The van der Waals surface area contributed by atoms with Crippen molar-refractivity contribution < 1.29 is 22.3 Å². The molecule has 0 aliphatic carbocycles. The van der Waals surface area contributed by atoms with Crippen LogP contribution in [0.2, 0.25) is 5.02 Å². The minimum Gasteiger partial charge on any atom is -0.455 e. The number of amides is 1. The Morgan fingerprint density at radius 3 is 2.38 bits per heavy atom. The van der Waals surface area contributed by atoms with Gasteiger partial charge in [0.2, 0.25) is 15.9 Å². The lowest BCUT2D eigenvalue weighted by molar-refractivity contribution is -0.120. The third-order valence-corrected chi connectivity index (χ3v) is 7.88. The van der Waals surface area contributed by atoms with E-state index >= 15 is 0 Å². The Morgan fingerprint density at radius 2 is 1.68 bits per heavy atom. The molecule has 0 radical (unpaired) electrons. The smallest absolute Gasteiger partial charge is 0.227 e. The van der Waals surface area contributed by atoms with Crippen molar-refractivity contribution >= 4 is 33.2 Å². The summed E-state index contributed by atoms with van der Waals surface area (Å²) < 4.78 is 46.9. The van der Waals surface area contributed by atoms with Gasteiger partial charge < -0.3 is 10.1 Å². The first-order valence-electron chi connectivity index (χ1n) is 10.9. The molecule has 1 aliphatic heterocycles. The molecule has 0 aromatic heterocycles. The molecule has 178 valence electrons. The number of hydrogen-bond acceptors (Lipinski definition) is 4. The Kier molecular flexibility index (Phi) is 7.50. The maximum atomic E-state index is 14.1. The van der Waals surface area contributed by atoms with Crippen LogP contribution in [0.5, 0.6) is 11.5 Å². The second-order valence-electron chi connectivity index (χ2n) is 8.03. The number of hydrogen-bond donors (Lipinski definition) is 1. The van der Waals surface area contributed by atoms with E-state index in [1.165, 1.54) is 22.5 Å². The highest BCUT2D eigenvalue weighted by atomic mass is 35.5. The van der Waals surface area contributed by atoms with Gasteiger partial charge in [-0.2, -0.15) is 0 Å². The summed E-state index contributed by atoms with van der Waals surface area (Å²) in [6.45, 7) is 0.351. The summed E-state index contributed by atoms with van der Waals surface area (Å²) in [5, 5.41) is 2.99. The lowest BCUT2D eigenvalue weighted by Crippen LogP contribution is -2.42. The summed E-state index contributed by atoms with van der Waals surface area (Å²) in [7, 11) is -3.77. The van der Waals surface area contributed by atoms with Crippen molar-refractivity contribution in [3.8, 4) is 11.5 Å². The molecule has 1 aliphatic rings.